The normalized spacial score (nSPS) is 18.3. The van der Waals surface area contributed by atoms with Crippen molar-refractivity contribution in [1.29, 1.82) is 0 Å². The Labute approximate surface area is 148 Å². The molecule has 1 heterocycles. The Morgan fingerprint density at radius 3 is 2.71 bits per heavy atom. The van der Waals surface area contributed by atoms with E-state index < -0.39 is 0 Å². The lowest BCUT2D eigenvalue weighted by Gasteiger charge is -2.32. The van der Waals surface area contributed by atoms with Gasteiger partial charge in [0.1, 0.15) is 0 Å². The second kappa shape index (κ2) is 8.36. The molecule has 1 atom stereocenters. The van der Waals surface area contributed by atoms with E-state index in [0.717, 1.165) is 43.1 Å². The first-order chi connectivity index (χ1) is 11.8. The van der Waals surface area contributed by atoms with Crippen LogP contribution in [0.4, 0.5) is 5.69 Å². The molecule has 0 radical (unpaired) electrons. The van der Waals surface area contributed by atoms with E-state index in [1.165, 1.54) is 5.56 Å². The van der Waals surface area contributed by atoms with Crippen LogP contribution in [0.1, 0.15) is 18.4 Å². The van der Waals surface area contributed by atoms with E-state index in [1.807, 2.05) is 36.6 Å². The molecule has 0 aliphatic carbocycles. The van der Waals surface area contributed by atoms with Crippen LogP contribution in [0.15, 0.2) is 59.5 Å². The van der Waals surface area contributed by atoms with Crippen molar-refractivity contribution < 1.29 is 4.79 Å². The molecule has 0 bridgehead atoms. The smallest absolute Gasteiger partial charge is 0.228 e. The van der Waals surface area contributed by atoms with Crippen molar-refractivity contribution in [2.24, 2.45) is 5.92 Å². The van der Waals surface area contributed by atoms with Gasteiger partial charge in [0, 0.05) is 18.0 Å². The number of anilines is 1. The molecule has 24 heavy (non-hydrogen) atoms. The Morgan fingerprint density at radius 2 is 1.92 bits per heavy atom. The maximum Gasteiger partial charge on any atom is 0.228 e. The molecule has 4 heteroatoms. The molecule has 1 fully saturated rings. The number of amides is 1. The highest BCUT2D eigenvalue weighted by molar-refractivity contribution is 7.98. The maximum atomic E-state index is 12.7. The first-order valence-corrected chi connectivity index (χ1v) is 9.69. The van der Waals surface area contributed by atoms with Crippen molar-refractivity contribution in [3.05, 3.63) is 60.2 Å². The van der Waals surface area contributed by atoms with Gasteiger partial charge in [-0.15, -0.1) is 11.8 Å². The van der Waals surface area contributed by atoms with Crippen molar-refractivity contribution in [1.82, 2.24) is 4.90 Å². The summed E-state index contributed by atoms with van der Waals surface area (Å²) < 4.78 is 0. The van der Waals surface area contributed by atoms with Crippen molar-refractivity contribution in [2.45, 2.75) is 24.3 Å². The van der Waals surface area contributed by atoms with Crippen LogP contribution in [-0.4, -0.2) is 30.2 Å². The van der Waals surface area contributed by atoms with E-state index in [4.69, 9.17) is 0 Å². The second-order valence-corrected chi connectivity index (χ2v) is 7.10. The molecule has 1 unspecified atom stereocenters. The molecule has 3 rings (SSSR count). The fourth-order valence-corrected chi connectivity index (χ4v) is 3.79. The summed E-state index contributed by atoms with van der Waals surface area (Å²) in [6.45, 7) is 2.83. The molecule has 2 aromatic carbocycles. The zero-order valence-electron chi connectivity index (χ0n) is 14.1. The van der Waals surface area contributed by atoms with E-state index in [0.29, 0.717) is 0 Å². The van der Waals surface area contributed by atoms with E-state index in [9.17, 15) is 4.79 Å². The monoisotopic (exact) mass is 340 g/mol. The Bertz CT molecular complexity index is 674. The number of thioether (sulfide) groups is 1. The molecule has 1 N–H and O–H groups in total. The molecular formula is C20H24N2OS. The van der Waals surface area contributed by atoms with Gasteiger partial charge in [-0.3, -0.25) is 9.69 Å². The number of carbonyl (C=O) groups excluding carboxylic acids is 1. The quantitative estimate of drug-likeness (QED) is 0.826. The van der Waals surface area contributed by atoms with E-state index in [1.54, 1.807) is 11.8 Å². The first kappa shape index (κ1) is 17.1. The molecule has 3 nitrogen and oxygen atoms in total. The van der Waals surface area contributed by atoms with E-state index >= 15 is 0 Å². The summed E-state index contributed by atoms with van der Waals surface area (Å²) in [5.41, 5.74) is 2.24. The van der Waals surface area contributed by atoms with Crippen LogP contribution in [0, 0.1) is 5.92 Å². The predicted molar refractivity (Wildman–Crippen MR) is 101 cm³/mol. The standard InChI is InChI=1S/C20H24N2OS/c1-24-19-12-6-5-11-18(19)21-20(23)17-10-7-13-22(15-17)14-16-8-3-2-4-9-16/h2-6,8-9,11-12,17H,7,10,13-15H2,1H3,(H,21,23). The number of carbonyl (C=O) groups is 1. The Balaban J connectivity index is 1.60. The van der Waals surface area contributed by atoms with Crippen LogP contribution in [0.3, 0.4) is 0 Å². The minimum atomic E-state index is 0.0670. The number of hydrogen-bond donors (Lipinski definition) is 1. The molecule has 0 spiro atoms. The van der Waals surface area contributed by atoms with Crippen LogP contribution in [0.25, 0.3) is 0 Å². The maximum absolute atomic E-state index is 12.7. The van der Waals surface area contributed by atoms with Gasteiger partial charge in [0.05, 0.1) is 11.6 Å². The summed E-state index contributed by atoms with van der Waals surface area (Å²) >= 11 is 1.66. The molecule has 1 saturated heterocycles. The molecule has 1 amide bonds. The Morgan fingerprint density at radius 1 is 1.17 bits per heavy atom. The van der Waals surface area contributed by atoms with Crippen LogP contribution >= 0.6 is 11.8 Å². The third-order valence-electron chi connectivity index (χ3n) is 4.49. The number of nitrogens with one attached hydrogen (secondary N) is 1. The summed E-state index contributed by atoms with van der Waals surface area (Å²) in [5, 5.41) is 3.13. The highest BCUT2D eigenvalue weighted by Gasteiger charge is 2.26. The number of rotatable bonds is 5. The highest BCUT2D eigenvalue weighted by Crippen LogP contribution is 2.26. The minimum Gasteiger partial charge on any atom is -0.325 e. The van der Waals surface area contributed by atoms with Gasteiger partial charge in [0.2, 0.25) is 5.91 Å². The van der Waals surface area contributed by atoms with E-state index in [2.05, 4.69) is 34.5 Å². The van der Waals surface area contributed by atoms with Gasteiger partial charge in [0.15, 0.2) is 0 Å². The number of piperidine rings is 1. The summed E-state index contributed by atoms with van der Waals surface area (Å²) in [7, 11) is 0. The fourth-order valence-electron chi connectivity index (χ4n) is 3.24. The van der Waals surface area contributed by atoms with Gasteiger partial charge in [-0.05, 0) is 43.3 Å². The Kier molecular flexibility index (Phi) is 5.94. The fraction of sp³-hybridized carbons (Fsp3) is 0.350. The number of likely N-dealkylation sites (tertiary alicyclic amines) is 1. The molecule has 126 valence electrons. The van der Waals surface area contributed by atoms with Gasteiger partial charge < -0.3 is 5.32 Å². The van der Waals surface area contributed by atoms with E-state index in [-0.39, 0.29) is 11.8 Å². The number of benzene rings is 2. The van der Waals surface area contributed by atoms with Crippen LogP contribution in [-0.2, 0) is 11.3 Å². The second-order valence-electron chi connectivity index (χ2n) is 6.25. The van der Waals surface area contributed by atoms with Crippen LogP contribution in [0.2, 0.25) is 0 Å². The third kappa shape index (κ3) is 4.40. The predicted octanol–water partition coefficient (Wildman–Crippen LogP) is 4.26. The molecule has 2 aromatic rings. The largest absolute Gasteiger partial charge is 0.325 e. The third-order valence-corrected chi connectivity index (χ3v) is 5.29. The molecule has 1 aliphatic rings. The number of para-hydroxylation sites is 1. The van der Waals surface area contributed by atoms with Crippen molar-refractivity contribution in [3.63, 3.8) is 0 Å². The molecule has 0 saturated carbocycles. The van der Waals surface area contributed by atoms with Gasteiger partial charge in [-0.2, -0.15) is 0 Å². The lowest BCUT2D eigenvalue weighted by atomic mass is 9.96. The van der Waals surface area contributed by atoms with Crippen molar-refractivity contribution in [2.75, 3.05) is 24.7 Å². The summed E-state index contributed by atoms with van der Waals surface area (Å²) in [5.74, 6) is 0.214. The topological polar surface area (TPSA) is 32.3 Å². The zero-order chi connectivity index (χ0) is 16.8. The SMILES string of the molecule is CSc1ccccc1NC(=O)C1CCCN(Cc2ccccc2)C1. The lowest BCUT2D eigenvalue weighted by molar-refractivity contribution is -0.121. The van der Waals surface area contributed by atoms with Gasteiger partial charge >= 0.3 is 0 Å². The molecular weight excluding hydrogens is 316 g/mol. The number of hydrogen-bond acceptors (Lipinski definition) is 3. The number of nitrogens with zero attached hydrogens (tertiary/aromatic N) is 1. The van der Waals surface area contributed by atoms with Gasteiger partial charge in [-0.25, -0.2) is 0 Å². The highest BCUT2D eigenvalue weighted by atomic mass is 32.2. The zero-order valence-corrected chi connectivity index (χ0v) is 14.9. The van der Waals surface area contributed by atoms with Crippen molar-refractivity contribution >= 4 is 23.4 Å². The van der Waals surface area contributed by atoms with Gasteiger partial charge in [-0.1, -0.05) is 42.5 Å². The minimum absolute atomic E-state index is 0.0670. The summed E-state index contributed by atoms with van der Waals surface area (Å²) in [6.07, 6.45) is 4.08. The molecule has 0 aromatic heterocycles. The van der Waals surface area contributed by atoms with Crippen LogP contribution in [0.5, 0.6) is 0 Å². The Hall–Kier alpha value is -1.78. The van der Waals surface area contributed by atoms with Crippen LogP contribution < -0.4 is 5.32 Å². The first-order valence-electron chi connectivity index (χ1n) is 8.46. The van der Waals surface area contributed by atoms with Gasteiger partial charge in [0.25, 0.3) is 0 Å². The summed E-state index contributed by atoms with van der Waals surface area (Å²) in [6, 6.07) is 18.5. The average molecular weight is 340 g/mol. The average Bonchev–Trinajstić information content (AvgIpc) is 2.63. The summed E-state index contributed by atoms with van der Waals surface area (Å²) in [4.78, 5) is 16.2. The molecule has 1 aliphatic heterocycles. The lowest BCUT2D eigenvalue weighted by Crippen LogP contribution is -2.40. The van der Waals surface area contributed by atoms with Crippen molar-refractivity contribution in [3.8, 4) is 0 Å².